The lowest BCUT2D eigenvalue weighted by Gasteiger charge is -2.34. The molecule has 4 heteroatoms. The van der Waals surface area contributed by atoms with Crippen molar-refractivity contribution in [1.29, 1.82) is 0 Å². The maximum atomic E-state index is 4.25. The Labute approximate surface area is 96.6 Å². The second-order valence-corrected chi connectivity index (χ2v) is 5.12. The van der Waals surface area contributed by atoms with E-state index < -0.39 is 0 Å². The molecule has 88 valence electrons. The fraction of sp³-hybridized carbons (Fsp3) is 0.750. The van der Waals surface area contributed by atoms with Crippen molar-refractivity contribution in [3.63, 3.8) is 0 Å². The van der Waals surface area contributed by atoms with Gasteiger partial charge >= 0.3 is 0 Å². The van der Waals surface area contributed by atoms with E-state index >= 15 is 0 Å². The standard InChI is InChI=1S/C12H20N4/c1-15-11(3-6-14-15)9-16-8-2-4-12(16)5-7-13-10-12/h3,6,13H,2,4-5,7-10H2,1H3. The minimum absolute atomic E-state index is 0.449. The van der Waals surface area contributed by atoms with Crippen molar-refractivity contribution in [3.05, 3.63) is 18.0 Å². The number of nitrogens with one attached hydrogen (secondary N) is 1. The van der Waals surface area contributed by atoms with Crippen molar-refractivity contribution >= 4 is 0 Å². The van der Waals surface area contributed by atoms with E-state index in [2.05, 4.69) is 21.4 Å². The van der Waals surface area contributed by atoms with Gasteiger partial charge in [-0.1, -0.05) is 0 Å². The molecule has 0 bridgehead atoms. The molecular weight excluding hydrogens is 200 g/mol. The molecule has 1 aromatic heterocycles. The molecule has 0 saturated carbocycles. The Hall–Kier alpha value is -0.870. The van der Waals surface area contributed by atoms with Gasteiger partial charge < -0.3 is 5.32 Å². The molecule has 2 aliphatic heterocycles. The molecule has 1 atom stereocenters. The zero-order valence-corrected chi connectivity index (χ0v) is 9.95. The number of nitrogens with zero attached hydrogens (tertiary/aromatic N) is 3. The minimum atomic E-state index is 0.449. The summed E-state index contributed by atoms with van der Waals surface area (Å²) in [4.78, 5) is 2.66. The Balaban J connectivity index is 1.77. The average molecular weight is 220 g/mol. The quantitative estimate of drug-likeness (QED) is 0.798. The van der Waals surface area contributed by atoms with Gasteiger partial charge in [0.05, 0.1) is 5.69 Å². The molecule has 2 saturated heterocycles. The van der Waals surface area contributed by atoms with Gasteiger partial charge in [0.2, 0.25) is 0 Å². The van der Waals surface area contributed by atoms with Crippen LogP contribution in [0.2, 0.25) is 0 Å². The third kappa shape index (κ3) is 1.57. The summed E-state index contributed by atoms with van der Waals surface area (Å²) >= 11 is 0. The zero-order chi connectivity index (χ0) is 11.0. The van der Waals surface area contributed by atoms with Crippen molar-refractivity contribution in [2.75, 3.05) is 19.6 Å². The van der Waals surface area contributed by atoms with Crippen molar-refractivity contribution in [2.24, 2.45) is 7.05 Å². The fourth-order valence-electron chi connectivity index (χ4n) is 3.21. The maximum Gasteiger partial charge on any atom is 0.0521 e. The van der Waals surface area contributed by atoms with Gasteiger partial charge in [-0.25, -0.2) is 0 Å². The van der Waals surface area contributed by atoms with Crippen LogP contribution < -0.4 is 5.32 Å². The lowest BCUT2D eigenvalue weighted by Crippen LogP contribution is -2.45. The van der Waals surface area contributed by atoms with Gasteiger partial charge in [0.1, 0.15) is 0 Å². The van der Waals surface area contributed by atoms with Crippen LogP contribution in [0.4, 0.5) is 0 Å². The molecule has 4 nitrogen and oxygen atoms in total. The van der Waals surface area contributed by atoms with E-state index in [0.717, 1.165) is 6.54 Å². The van der Waals surface area contributed by atoms with Gasteiger partial charge in [-0.15, -0.1) is 0 Å². The molecule has 1 aromatic rings. The summed E-state index contributed by atoms with van der Waals surface area (Å²) in [7, 11) is 2.03. The van der Waals surface area contributed by atoms with Crippen molar-refractivity contribution in [1.82, 2.24) is 20.0 Å². The molecule has 1 N–H and O–H groups in total. The summed E-state index contributed by atoms with van der Waals surface area (Å²) in [5, 5.41) is 7.76. The molecule has 1 spiro atoms. The van der Waals surface area contributed by atoms with Crippen LogP contribution in [0.25, 0.3) is 0 Å². The van der Waals surface area contributed by atoms with Gasteiger partial charge in [-0.05, 0) is 38.4 Å². The average Bonchev–Trinajstić information content (AvgIpc) is 2.96. The second-order valence-electron chi connectivity index (χ2n) is 5.12. The first-order valence-corrected chi connectivity index (χ1v) is 6.23. The van der Waals surface area contributed by atoms with Crippen LogP contribution in [-0.4, -0.2) is 39.9 Å². The Morgan fingerprint density at radius 2 is 2.44 bits per heavy atom. The fourth-order valence-corrected chi connectivity index (χ4v) is 3.21. The molecule has 1 unspecified atom stereocenters. The molecule has 0 aromatic carbocycles. The van der Waals surface area contributed by atoms with Crippen LogP contribution in [-0.2, 0) is 13.6 Å². The van der Waals surface area contributed by atoms with E-state index in [-0.39, 0.29) is 0 Å². The highest BCUT2D eigenvalue weighted by Gasteiger charge is 2.42. The lowest BCUT2D eigenvalue weighted by atomic mass is 9.95. The summed E-state index contributed by atoms with van der Waals surface area (Å²) in [5.74, 6) is 0. The zero-order valence-electron chi connectivity index (χ0n) is 9.95. The summed E-state index contributed by atoms with van der Waals surface area (Å²) in [6, 6.07) is 2.13. The van der Waals surface area contributed by atoms with E-state index in [1.807, 2.05) is 17.9 Å². The molecule has 0 radical (unpaired) electrons. The van der Waals surface area contributed by atoms with Gasteiger partial charge in [-0.2, -0.15) is 5.10 Å². The highest BCUT2D eigenvalue weighted by molar-refractivity contribution is 5.06. The number of aromatic nitrogens is 2. The third-order valence-corrected chi connectivity index (χ3v) is 4.24. The lowest BCUT2D eigenvalue weighted by molar-refractivity contribution is 0.144. The van der Waals surface area contributed by atoms with Gasteiger partial charge in [-0.3, -0.25) is 9.58 Å². The molecule has 0 aliphatic carbocycles. The topological polar surface area (TPSA) is 33.1 Å². The second kappa shape index (κ2) is 3.86. The summed E-state index contributed by atoms with van der Waals surface area (Å²) in [5.41, 5.74) is 1.78. The number of aryl methyl sites for hydroxylation is 1. The molecule has 16 heavy (non-hydrogen) atoms. The van der Waals surface area contributed by atoms with Crippen molar-refractivity contribution in [2.45, 2.75) is 31.3 Å². The highest BCUT2D eigenvalue weighted by Crippen LogP contribution is 2.35. The predicted molar refractivity (Wildman–Crippen MR) is 63.1 cm³/mol. The van der Waals surface area contributed by atoms with Crippen LogP contribution in [0.15, 0.2) is 12.3 Å². The molecule has 3 heterocycles. The highest BCUT2D eigenvalue weighted by atomic mass is 15.3. The number of likely N-dealkylation sites (tertiary alicyclic amines) is 1. The van der Waals surface area contributed by atoms with Gasteiger partial charge in [0, 0.05) is 31.9 Å². The predicted octanol–water partition coefficient (Wildman–Crippen LogP) is 0.748. The first kappa shape index (κ1) is 10.3. The summed E-state index contributed by atoms with van der Waals surface area (Å²) in [6.45, 7) is 4.65. The Morgan fingerprint density at radius 3 is 3.12 bits per heavy atom. The van der Waals surface area contributed by atoms with E-state index in [9.17, 15) is 0 Å². The minimum Gasteiger partial charge on any atom is -0.315 e. The normalized spacial score (nSPS) is 30.6. The third-order valence-electron chi connectivity index (χ3n) is 4.24. The van der Waals surface area contributed by atoms with Gasteiger partial charge in [0.15, 0.2) is 0 Å². The van der Waals surface area contributed by atoms with Crippen LogP contribution in [0.3, 0.4) is 0 Å². The monoisotopic (exact) mass is 220 g/mol. The first-order valence-electron chi connectivity index (χ1n) is 6.23. The molecule has 0 amide bonds. The SMILES string of the molecule is Cn1nccc1CN1CCCC12CCNC2. The molecule has 2 fully saturated rings. The van der Waals surface area contributed by atoms with E-state index in [1.54, 1.807) is 0 Å². The van der Waals surface area contributed by atoms with Crippen LogP contribution >= 0.6 is 0 Å². The summed E-state index contributed by atoms with van der Waals surface area (Å²) in [6.07, 6.45) is 5.91. The number of rotatable bonds is 2. The van der Waals surface area contributed by atoms with Gasteiger partial charge in [0.25, 0.3) is 0 Å². The van der Waals surface area contributed by atoms with Crippen molar-refractivity contribution < 1.29 is 0 Å². The van der Waals surface area contributed by atoms with Crippen LogP contribution in [0.5, 0.6) is 0 Å². The Morgan fingerprint density at radius 1 is 1.50 bits per heavy atom. The number of hydrogen-bond acceptors (Lipinski definition) is 3. The first-order chi connectivity index (χ1) is 7.80. The number of hydrogen-bond donors (Lipinski definition) is 1. The van der Waals surface area contributed by atoms with E-state index in [0.29, 0.717) is 5.54 Å². The molecule has 2 aliphatic rings. The van der Waals surface area contributed by atoms with E-state index in [1.165, 1.54) is 44.6 Å². The van der Waals surface area contributed by atoms with Crippen LogP contribution in [0.1, 0.15) is 25.0 Å². The van der Waals surface area contributed by atoms with E-state index in [4.69, 9.17) is 0 Å². The smallest absolute Gasteiger partial charge is 0.0521 e. The largest absolute Gasteiger partial charge is 0.315 e. The van der Waals surface area contributed by atoms with Crippen LogP contribution in [0, 0.1) is 0 Å². The maximum absolute atomic E-state index is 4.25. The molecular formula is C12H20N4. The Bertz CT molecular complexity index is 359. The molecule has 3 rings (SSSR count). The summed E-state index contributed by atoms with van der Waals surface area (Å²) < 4.78 is 1.99. The Kier molecular flexibility index (Phi) is 2.48. The van der Waals surface area contributed by atoms with Crippen molar-refractivity contribution in [3.8, 4) is 0 Å².